The lowest BCUT2D eigenvalue weighted by atomic mass is 10.3. The Balaban J connectivity index is 3.15. The highest BCUT2D eigenvalue weighted by molar-refractivity contribution is 7.89. The van der Waals surface area contributed by atoms with Gasteiger partial charge in [-0.05, 0) is 18.6 Å². The van der Waals surface area contributed by atoms with Crippen LogP contribution in [0.25, 0.3) is 0 Å². The van der Waals surface area contributed by atoms with Crippen molar-refractivity contribution in [2.45, 2.75) is 18.7 Å². The molecule has 0 spiro atoms. The van der Waals surface area contributed by atoms with Crippen molar-refractivity contribution in [2.75, 3.05) is 6.54 Å². The zero-order chi connectivity index (χ0) is 9.90. The van der Waals surface area contributed by atoms with Crippen molar-refractivity contribution in [2.24, 2.45) is 0 Å². The first-order chi connectivity index (χ1) is 6.08. The van der Waals surface area contributed by atoms with E-state index in [1.165, 1.54) is 6.20 Å². The van der Waals surface area contributed by atoms with E-state index in [2.05, 4.69) is 9.71 Å². The second-order valence-corrected chi connectivity index (χ2v) is 4.38. The van der Waals surface area contributed by atoms with Crippen molar-refractivity contribution >= 4 is 10.0 Å². The van der Waals surface area contributed by atoms with Gasteiger partial charge in [0.2, 0.25) is 10.0 Å². The molecule has 0 aliphatic carbocycles. The molecule has 0 radical (unpaired) electrons. The van der Waals surface area contributed by atoms with Gasteiger partial charge in [0, 0.05) is 18.9 Å². The molecule has 0 unspecified atom stereocenters. The summed E-state index contributed by atoms with van der Waals surface area (Å²) in [5, 5.41) is 0. The molecule has 1 aromatic heterocycles. The van der Waals surface area contributed by atoms with Crippen LogP contribution in [0.4, 0.5) is 0 Å². The van der Waals surface area contributed by atoms with Gasteiger partial charge in [0.15, 0.2) is 0 Å². The standard InChI is InChI=1S/C8H12N2O2S/c1-3-10-13(11,12)8-6-9-5-4-7(8)2/h4-6,10H,3H2,1-2H3. The van der Waals surface area contributed by atoms with Gasteiger partial charge in [0.05, 0.1) is 0 Å². The average Bonchev–Trinajstić information content (AvgIpc) is 2.04. The molecular formula is C8H12N2O2S. The van der Waals surface area contributed by atoms with Gasteiger partial charge in [0.1, 0.15) is 4.90 Å². The van der Waals surface area contributed by atoms with Crippen molar-refractivity contribution < 1.29 is 8.42 Å². The maximum Gasteiger partial charge on any atom is 0.242 e. The van der Waals surface area contributed by atoms with Crippen molar-refractivity contribution in [3.05, 3.63) is 24.0 Å². The van der Waals surface area contributed by atoms with Crippen molar-refractivity contribution in [3.63, 3.8) is 0 Å². The van der Waals surface area contributed by atoms with Gasteiger partial charge in [-0.2, -0.15) is 0 Å². The monoisotopic (exact) mass is 200 g/mol. The highest BCUT2D eigenvalue weighted by Crippen LogP contribution is 2.11. The van der Waals surface area contributed by atoms with Gasteiger partial charge in [-0.3, -0.25) is 4.98 Å². The normalized spacial score (nSPS) is 11.5. The maximum atomic E-state index is 11.5. The third-order valence-corrected chi connectivity index (χ3v) is 3.29. The number of rotatable bonds is 3. The molecular weight excluding hydrogens is 188 g/mol. The molecule has 5 heteroatoms. The minimum atomic E-state index is -3.35. The Morgan fingerprint density at radius 3 is 2.77 bits per heavy atom. The topological polar surface area (TPSA) is 59.1 Å². The summed E-state index contributed by atoms with van der Waals surface area (Å²) in [7, 11) is -3.35. The summed E-state index contributed by atoms with van der Waals surface area (Å²) in [6, 6.07) is 1.67. The molecule has 0 fully saturated rings. The van der Waals surface area contributed by atoms with E-state index >= 15 is 0 Å². The van der Waals surface area contributed by atoms with Gasteiger partial charge in [-0.15, -0.1) is 0 Å². The largest absolute Gasteiger partial charge is 0.263 e. The van der Waals surface area contributed by atoms with E-state index in [9.17, 15) is 8.42 Å². The minimum absolute atomic E-state index is 0.247. The lowest BCUT2D eigenvalue weighted by molar-refractivity contribution is 0.583. The molecule has 4 nitrogen and oxygen atoms in total. The zero-order valence-electron chi connectivity index (χ0n) is 7.61. The lowest BCUT2D eigenvalue weighted by Crippen LogP contribution is -2.23. The first-order valence-electron chi connectivity index (χ1n) is 3.98. The minimum Gasteiger partial charge on any atom is -0.263 e. The fourth-order valence-corrected chi connectivity index (χ4v) is 2.23. The van der Waals surface area contributed by atoms with Crippen LogP contribution in [0.5, 0.6) is 0 Å². The van der Waals surface area contributed by atoms with E-state index in [0.717, 1.165) is 0 Å². The zero-order valence-corrected chi connectivity index (χ0v) is 8.43. The van der Waals surface area contributed by atoms with Gasteiger partial charge in [0.25, 0.3) is 0 Å². The number of aryl methyl sites for hydroxylation is 1. The summed E-state index contributed by atoms with van der Waals surface area (Å²) < 4.78 is 25.4. The molecule has 0 bridgehead atoms. The molecule has 0 atom stereocenters. The third kappa shape index (κ3) is 2.26. The quantitative estimate of drug-likeness (QED) is 0.781. The highest BCUT2D eigenvalue weighted by Gasteiger charge is 2.14. The Hall–Kier alpha value is -0.940. The fourth-order valence-electron chi connectivity index (χ4n) is 0.999. The Morgan fingerprint density at radius 1 is 1.54 bits per heavy atom. The summed E-state index contributed by atoms with van der Waals surface area (Å²) >= 11 is 0. The molecule has 0 saturated heterocycles. The van der Waals surface area contributed by atoms with E-state index in [0.29, 0.717) is 12.1 Å². The number of hydrogen-bond donors (Lipinski definition) is 1. The van der Waals surface area contributed by atoms with E-state index < -0.39 is 10.0 Å². The maximum absolute atomic E-state index is 11.5. The average molecular weight is 200 g/mol. The van der Waals surface area contributed by atoms with E-state index in [1.807, 2.05) is 0 Å². The fraction of sp³-hybridized carbons (Fsp3) is 0.375. The van der Waals surface area contributed by atoms with Crippen LogP contribution in [-0.2, 0) is 10.0 Å². The summed E-state index contributed by atoms with van der Waals surface area (Å²) in [6.45, 7) is 3.87. The van der Waals surface area contributed by atoms with Crippen LogP contribution in [0.2, 0.25) is 0 Å². The van der Waals surface area contributed by atoms with E-state index in [4.69, 9.17) is 0 Å². The van der Waals surface area contributed by atoms with Crippen LogP contribution in [0.1, 0.15) is 12.5 Å². The van der Waals surface area contributed by atoms with Crippen LogP contribution in [0.15, 0.2) is 23.4 Å². The van der Waals surface area contributed by atoms with Crippen LogP contribution in [-0.4, -0.2) is 19.9 Å². The number of nitrogens with zero attached hydrogens (tertiary/aromatic N) is 1. The number of aromatic nitrogens is 1. The molecule has 0 aliphatic heterocycles. The first-order valence-corrected chi connectivity index (χ1v) is 5.46. The van der Waals surface area contributed by atoms with Crippen molar-refractivity contribution in [3.8, 4) is 0 Å². The molecule has 1 N–H and O–H groups in total. The second kappa shape index (κ2) is 3.85. The molecule has 0 aliphatic rings. The predicted octanol–water partition coefficient (Wildman–Crippen LogP) is 0.688. The SMILES string of the molecule is CCNS(=O)(=O)c1cnccc1C. The molecule has 0 amide bonds. The number of sulfonamides is 1. The summed E-state index contributed by atoms with van der Waals surface area (Å²) in [4.78, 5) is 4.02. The molecule has 13 heavy (non-hydrogen) atoms. The molecule has 1 heterocycles. The summed E-state index contributed by atoms with van der Waals surface area (Å²) in [6.07, 6.45) is 2.92. The number of hydrogen-bond acceptors (Lipinski definition) is 3. The van der Waals surface area contributed by atoms with Gasteiger partial charge >= 0.3 is 0 Å². The Morgan fingerprint density at radius 2 is 2.23 bits per heavy atom. The second-order valence-electron chi connectivity index (χ2n) is 2.64. The van der Waals surface area contributed by atoms with Crippen LogP contribution < -0.4 is 4.72 Å². The summed E-state index contributed by atoms with van der Waals surface area (Å²) in [5.41, 5.74) is 0.705. The van der Waals surface area contributed by atoms with Gasteiger partial charge in [-0.1, -0.05) is 6.92 Å². The van der Waals surface area contributed by atoms with Crippen molar-refractivity contribution in [1.29, 1.82) is 0 Å². The molecule has 1 aromatic rings. The molecule has 72 valence electrons. The summed E-state index contributed by atoms with van der Waals surface area (Å²) in [5.74, 6) is 0. The van der Waals surface area contributed by atoms with Gasteiger partial charge < -0.3 is 0 Å². The van der Waals surface area contributed by atoms with Crippen molar-refractivity contribution in [1.82, 2.24) is 9.71 Å². The van der Waals surface area contributed by atoms with E-state index in [-0.39, 0.29) is 4.90 Å². The van der Waals surface area contributed by atoms with Crippen LogP contribution in [0, 0.1) is 6.92 Å². The highest BCUT2D eigenvalue weighted by atomic mass is 32.2. The Labute approximate surface area is 78.1 Å². The molecule has 1 rings (SSSR count). The van der Waals surface area contributed by atoms with Crippen LogP contribution in [0.3, 0.4) is 0 Å². The predicted molar refractivity (Wildman–Crippen MR) is 49.8 cm³/mol. The molecule has 0 aromatic carbocycles. The lowest BCUT2D eigenvalue weighted by Gasteiger charge is -2.05. The van der Waals surface area contributed by atoms with Gasteiger partial charge in [-0.25, -0.2) is 13.1 Å². The Bertz CT molecular complexity index is 387. The van der Waals surface area contributed by atoms with Crippen LogP contribution >= 0.6 is 0 Å². The smallest absolute Gasteiger partial charge is 0.242 e. The Kier molecular flexibility index (Phi) is 3.00. The first kappa shape index (κ1) is 10.1. The molecule has 0 saturated carbocycles. The van der Waals surface area contributed by atoms with E-state index in [1.54, 1.807) is 26.1 Å². The third-order valence-electron chi connectivity index (χ3n) is 1.61. The number of pyridine rings is 1. The number of nitrogens with one attached hydrogen (secondary N) is 1.